The highest BCUT2D eigenvalue weighted by molar-refractivity contribution is 7.92. The second kappa shape index (κ2) is 6.32. The van der Waals surface area contributed by atoms with Crippen LogP contribution < -0.4 is 4.72 Å². The maximum Gasteiger partial charge on any atom is 0.371 e. The lowest BCUT2D eigenvalue weighted by atomic mass is 10.2. The van der Waals surface area contributed by atoms with Crippen LogP contribution in [0.1, 0.15) is 10.6 Å². The van der Waals surface area contributed by atoms with Gasteiger partial charge in [-0.2, -0.15) is 0 Å². The number of furan rings is 1. The monoisotopic (exact) mass is 396 g/mol. The number of fused-ring (bicyclic) bond motifs is 1. The summed E-state index contributed by atoms with van der Waals surface area (Å²) in [6.45, 7) is 0. The minimum absolute atomic E-state index is 0.132. The number of nitrogens with one attached hydrogen (secondary N) is 1. The maximum absolute atomic E-state index is 12.4. The number of carboxylic acid groups (broad SMARTS) is 1. The van der Waals surface area contributed by atoms with Crippen molar-refractivity contribution in [2.45, 2.75) is 4.90 Å². The summed E-state index contributed by atoms with van der Waals surface area (Å²) in [7, 11) is -4.12. The molecule has 1 heterocycles. The van der Waals surface area contributed by atoms with E-state index in [0.29, 0.717) is 5.39 Å². The molecule has 0 aliphatic rings. The van der Waals surface area contributed by atoms with Crippen molar-refractivity contribution >= 4 is 49.9 Å². The van der Waals surface area contributed by atoms with E-state index in [2.05, 4.69) is 4.72 Å². The molecule has 1 aromatic heterocycles. The van der Waals surface area contributed by atoms with Crippen LogP contribution in [0.5, 0.6) is 0 Å². The van der Waals surface area contributed by atoms with Gasteiger partial charge >= 0.3 is 5.97 Å². The van der Waals surface area contributed by atoms with Gasteiger partial charge in [0, 0.05) is 17.1 Å². The molecule has 0 spiro atoms. The van der Waals surface area contributed by atoms with Crippen LogP contribution >= 0.6 is 11.6 Å². The van der Waals surface area contributed by atoms with E-state index in [1.165, 1.54) is 24.3 Å². The minimum Gasteiger partial charge on any atom is -0.475 e. The summed E-state index contributed by atoms with van der Waals surface area (Å²) < 4.78 is 32.2. The fourth-order valence-corrected chi connectivity index (χ4v) is 3.48. The summed E-state index contributed by atoms with van der Waals surface area (Å²) in [5.41, 5.74) is -0.133. The van der Waals surface area contributed by atoms with Crippen molar-refractivity contribution in [1.82, 2.24) is 0 Å². The highest BCUT2D eigenvalue weighted by Gasteiger charge is 2.21. The van der Waals surface area contributed by atoms with Crippen molar-refractivity contribution in [2.24, 2.45) is 0 Å². The molecule has 0 saturated heterocycles. The SMILES string of the molecule is O=C(O)c1cc2cc(NS(=O)(=O)c3ccc(Cl)c([N+](=O)[O-])c3)ccc2o1. The number of anilines is 1. The summed E-state index contributed by atoms with van der Waals surface area (Å²) in [5, 5.41) is 20.0. The highest BCUT2D eigenvalue weighted by atomic mass is 35.5. The van der Waals surface area contributed by atoms with E-state index in [4.69, 9.17) is 21.1 Å². The fraction of sp³-hybridized carbons (Fsp3) is 0. The van der Waals surface area contributed by atoms with E-state index < -0.39 is 26.6 Å². The normalized spacial score (nSPS) is 11.4. The van der Waals surface area contributed by atoms with Gasteiger partial charge in [-0.3, -0.25) is 14.8 Å². The van der Waals surface area contributed by atoms with E-state index in [-0.39, 0.29) is 26.9 Å². The molecule has 0 radical (unpaired) electrons. The number of hydrogen-bond acceptors (Lipinski definition) is 6. The molecular weight excluding hydrogens is 388 g/mol. The molecule has 2 aromatic carbocycles. The van der Waals surface area contributed by atoms with Crippen LogP contribution in [0.4, 0.5) is 11.4 Å². The van der Waals surface area contributed by atoms with Crippen LogP contribution in [0, 0.1) is 10.1 Å². The van der Waals surface area contributed by atoms with Crippen molar-refractivity contribution in [3.63, 3.8) is 0 Å². The van der Waals surface area contributed by atoms with E-state index >= 15 is 0 Å². The number of nitrogens with zero attached hydrogens (tertiary/aromatic N) is 1. The Bertz CT molecular complexity index is 1150. The van der Waals surface area contributed by atoms with Crippen molar-refractivity contribution in [3.05, 3.63) is 63.4 Å². The topological polar surface area (TPSA) is 140 Å². The number of carbonyl (C=O) groups is 1. The first-order chi connectivity index (χ1) is 12.2. The van der Waals surface area contributed by atoms with Crippen LogP contribution in [-0.2, 0) is 10.0 Å². The number of aromatic carboxylic acids is 1. The van der Waals surface area contributed by atoms with Gasteiger partial charge in [0.25, 0.3) is 15.7 Å². The predicted molar refractivity (Wildman–Crippen MR) is 92.1 cm³/mol. The summed E-state index contributed by atoms with van der Waals surface area (Å²) in [4.78, 5) is 20.7. The lowest BCUT2D eigenvalue weighted by molar-refractivity contribution is -0.384. The third-order valence-electron chi connectivity index (χ3n) is 3.40. The molecule has 0 fully saturated rings. The third-order valence-corrected chi connectivity index (χ3v) is 5.10. The molecule has 0 aliphatic carbocycles. The average molecular weight is 397 g/mol. The Kier molecular flexibility index (Phi) is 4.30. The first-order valence-corrected chi connectivity index (χ1v) is 8.77. The Morgan fingerprint density at radius 3 is 2.58 bits per heavy atom. The molecule has 0 saturated carbocycles. The van der Waals surface area contributed by atoms with Gasteiger partial charge in [0.2, 0.25) is 5.76 Å². The second-order valence-electron chi connectivity index (χ2n) is 5.14. The molecule has 0 aliphatic heterocycles. The number of hydrogen-bond donors (Lipinski definition) is 2. The number of carboxylic acids is 1. The van der Waals surface area contributed by atoms with Crippen molar-refractivity contribution in [1.29, 1.82) is 0 Å². The predicted octanol–water partition coefficient (Wildman–Crippen LogP) is 3.49. The molecule has 0 amide bonds. The number of benzene rings is 2. The Morgan fingerprint density at radius 1 is 1.19 bits per heavy atom. The minimum atomic E-state index is -4.12. The van der Waals surface area contributed by atoms with Gasteiger partial charge < -0.3 is 9.52 Å². The average Bonchev–Trinajstić information content (AvgIpc) is 2.98. The van der Waals surface area contributed by atoms with Gasteiger partial charge in [-0.15, -0.1) is 0 Å². The van der Waals surface area contributed by atoms with Crippen LogP contribution in [0.15, 0.2) is 51.8 Å². The number of nitro benzene ring substituents is 1. The molecular formula is C15H9ClN2O7S. The van der Waals surface area contributed by atoms with Gasteiger partial charge in [0.15, 0.2) is 0 Å². The van der Waals surface area contributed by atoms with E-state index in [1.807, 2.05) is 0 Å². The van der Waals surface area contributed by atoms with E-state index in [1.54, 1.807) is 0 Å². The van der Waals surface area contributed by atoms with Gasteiger partial charge in [0.1, 0.15) is 10.6 Å². The molecule has 0 bridgehead atoms. The number of sulfonamides is 1. The van der Waals surface area contributed by atoms with Crippen LogP contribution in [0.25, 0.3) is 11.0 Å². The fourth-order valence-electron chi connectivity index (χ4n) is 2.23. The second-order valence-corrected chi connectivity index (χ2v) is 7.23. The smallest absolute Gasteiger partial charge is 0.371 e. The lowest BCUT2D eigenvalue weighted by Crippen LogP contribution is -2.13. The van der Waals surface area contributed by atoms with Crippen LogP contribution in [0.2, 0.25) is 5.02 Å². The quantitative estimate of drug-likeness (QED) is 0.496. The van der Waals surface area contributed by atoms with Gasteiger partial charge in [-0.25, -0.2) is 13.2 Å². The maximum atomic E-state index is 12.4. The third kappa shape index (κ3) is 3.32. The zero-order valence-corrected chi connectivity index (χ0v) is 14.2. The van der Waals surface area contributed by atoms with Gasteiger partial charge in [-0.05, 0) is 36.4 Å². The number of halogens is 1. The van der Waals surface area contributed by atoms with Crippen molar-refractivity contribution in [3.8, 4) is 0 Å². The van der Waals surface area contributed by atoms with Crippen LogP contribution in [0.3, 0.4) is 0 Å². The number of nitro groups is 1. The van der Waals surface area contributed by atoms with Crippen LogP contribution in [-0.4, -0.2) is 24.4 Å². The van der Waals surface area contributed by atoms with Crippen molar-refractivity contribution < 1.29 is 27.7 Å². The summed E-state index contributed by atoms with van der Waals surface area (Å²) in [6, 6.07) is 8.52. The zero-order valence-electron chi connectivity index (χ0n) is 12.7. The molecule has 0 unspecified atom stereocenters. The Balaban J connectivity index is 1.97. The number of rotatable bonds is 5. The highest BCUT2D eigenvalue weighted by Crippen LogP contribution is 2.29. The summed E-state index contributed by atoms with van der Waals surface area (Å²) in [6.07, 6.45) is 0. The Morgan fingerprint density at radius 2 is 1.92 bits per heavy atom. The first kappa shape index (κ1) is 17.7. The largest absolute Gasteiger partial charge is 0.475 e. The molecule has 3 rings (SSSR count). The molecule has 2 N–H and O–H groups in total. The molecule has 9 nitrogen and oxygen atoms in total. The standard InChI is InChI=1S/C15H9ClN2O7S/c16-11-3-2-10(7-12(11)18(21)22)26(23,24)17-9-1-4-13-8(5-9)6-14(25-13)15(19)20/h1-7,17H,(H,19,20). The molecule has 134 valence electrons. The summed E-state index contributed by atoms with van der Waals surface area (Å²) >= 11 is 5.68. The molecule has 3 aromatic rings. The molecule has 0 atom stereocenters. The summed E-state index contributed by atoms with van der Waals surface area (Å²) in [5.74, 6) is -1.54. The molecule has 26 heavy (non-hydrogen) atoms. The Hall–Kier alpha value is -3.11. The van der Waals surface area contributed by atoms with E-state index in [0.717, 1.165) is 18.2 Å². The van der Waals surface area contributed by atoms with E-state index in [9.17, 15) is 23.3 Å². The first-order valence-electron chi connectivity index (χ1n) is 6.91. The lowest BCUT2D eigenvalue weighted by Gasteiger charge is -2.08. The van der Waals surface area contributed by atoms with Gasteiger partial charge in [0.05, 0.1) is 9.82 Å². The van der Waals surface area contributed by atoms with Gasteiger partial charge in [-0.1, -0.05) is 11.6 Å². The van der Waals surface area contributed by atoms with Crippen molar-refractivity contribution in [2.75, 3.05) is 4.72 Å². The Labute approximate surface area is 151 Å². The molecule has 11 heteroatoms. The zero-order chi connectivity index (χ0) is 19.1.